The Bertz CT molecular complexity index is 1190. The van der Waals surface area contributed by atoms with Gasteiger partial charge >= 0.3 is 0 Å². The highest BCUT2D eigenvalue weighted by molar-refractivity contribution is 5.85. The molecule has 0 N–H and O–H groups in total. The van der Waals surface area contributed by atoms with Crippen LogP contribution in [0.1, 0.15) is 32.0 Å². The molecule has 4 aromatic rings. The van der Waals surface area contributed by atoms with Gasteiger partial charge in [0.2, 0.25) is 0 Å². The van der Waals surface area contributed by atoms with Crippen molar-refractivity contribution >= 4 is 16.9 Å². The molecule has 0 fully saturated rings. The van der Waals surface area contributed by atoms with Gasteiger partial charge in [0, 0.05) is 37.6 Å². The fraction of sp³-hybridized carbons (Fsp3) is 0.304. The first kappa shape index (κ1) is 19.6. The maximum atomic E-state index is 9.55. The van der Waals surface area contributed by atoms with Crippen LogP contribution in [0.25, 0.3) is 22.4 Å². The number of benzene rings is 1. The van der Waals surface area contributed by atoms with E-state index in [1.807, 2.05) is 41.3 Å². The molecule has 1 aromatic carbocycles. The molecule has 152 valence electrons. The van der Waals surface area contributed by atoms with Gasteiger partial charge in [-0.2, -0.15) is 10.4 Å². The van der Waals surface area contributed by atoms with Crippen molar-refractivity contribution in [1.29, 1.82) is 5.26 Å². The third kappa shape index (κ3) is 3.52. The number of fused-ring (bicyclic) bond motifs is 1. The lowest BCUT2D eigenvalue weighted by Gasteiger charge is -2.19. The van der Waals surface area contributed by atoms with Gasteiger partial charge < -0.3 is 9.47 Å². The average molecular weight is 400 g/mol. The van der Waals surface area contributed by atoms with Crippen molar-refractivity contribution in [3.05, 3.63) is 60.0 Å². The van der Waals surface area contributed by atoms with Gasteiger partial charge in [-0.25, -0.2) is 9.97 Å². The Labute approximate surface area is 176 Å². The number of hydrogen-bond acceptors (Lipinski definition) is 5. The highest BCUT2D eigenvalue weighted by Gasteiger charge is 2.17. The second-order valence-electron chi connectivity index (χ2n) is 7.05. The Kier molecular flexibility index (Phi) is 5.48. The molecule has 30 heavy (non-hydrogen) atoms. The summed E-state index contributed by atoms with van der Waals surface area (Å²) in [6.07, 6.45) is 3.84. The first-order chi connectivity index (χ1) is 14.7. The van der Waals surface area contributed by atoms with Gasteiger partial charge in [-0.1, -0.05) is 6.07 Å². The number of imidazole rings is 1. The van der Waals surface area contributed by atoms with Crippen molar-refractivity contribution in [1.82, 2.24) is 24.3 Å². The number of nitrogens with zero attached hydrogens (tertiary/aromatic N) is 7. The molecule has 0 aliphatic rings. The number of nitriles is 1. The van der Waals surface area contributed by atoms with Crippen LogP contribution in [0.5, 0.6) is 0 Å². The van der Waals surface area contributed by atoms with E-state index in [9.17, 15) is 5.26 Å². The van der Waals surface area contributed by atoms with E-state index in [4.69, 9.17) is 4.98 Å². The van der Waals surface area contributed by atoms with Gasteiger partial charge in [0.05, 0.1) is 23.3 Å². The lowest BCUT2D eigenvalue weighted by atomic mass is 10.2. The van der Waals surface area contributed by atoms with Crippen LogP contribution in [-0.4, -0.2) is 37.4 Å². The Morgan fingerprint density at radius 3 is 2.53 bits per heavy atom. The SMILES string of the molecule is CCN(CC)c1ccc(-c2nc3c(C#N)cccc3n2Cc2ccn(CC)n2)cn1. The normalized spacial score (nSPS) is 11.0. The highest BCUT2D eigenvalue weighted by Crippen LogP contribution is 2.28. The fourth-order valence-corrected chi connectivity index (χ4v) is 3.70. The van der Waals surface area contributed by atoms with Crippen LogP contribution in [0, 0.1) is 11.3 Å². The number of pyridine rings is 1. The van der Waals surface area contributed by atoms with Crippen molar-refractivity contribution in [3.8, 4) is 17.5 Å². The molecule has 0 bridgehead atoms. The predicted octanol–water partition coefficient (Wildman–Crippen LogP) is 4.08. The zero-order valence-corrected chi connectivity index (χ0v) is 17.6. The summed E-state index contributed by atoms with van der Waals surface area (Å²) in [6, 6.07) is 14.1. The van der Waals surface area contributed by atoms with Crippen molar-refractivity contribution < 1.29 is 0 Å². The zero-order valence-electron chi connectivity index (χ0n) is 17.6. The van der Waals surface area contributed by atoms with Crippen molar-refractivity contribution in [2.24, 2.45) is 0 Å². The topological polar surface area (TPSA) is 75.6 Å². The van der Waals surface area contributed by atoms with Crippen LogP contribution in [0.3, 0.4) is 0 Å². The van der Waals surface area contributed by atoms with E-state index in [-0.39, 0.29) is 0 Å². The highest BCUT2D eigenvalue weighted by atomic mass is 15.3. The largest absolute Gasteiger partial charge is 0.357 e. The maximum absolute atomic E-state index is 9.55. The summed E-state index contributed by atoms with van der Waals surface area (Å²) in [5.74, 6) is 1.74. The van der Waals surface area contributed by atoms with Crippen LogP contribution in [0.15, 0.2) is 48.8 Å². The van der Waals surface area contributed by atoms with Crippen LogP contribution in [-0.2, 0) is 13.1 Å². The molecule has 3 heterocycles. The number of hydrogen-bond donors (Lipinski definition) is 0. The summed E-state index contributed by atoms with van der Waals surface area (Å²) in [5.41, 5.74) is 4.06. The summed E-state index contributed by atoms with van der Waals surface area (Å²) in [6.45, 7) is 9.53. The second-order valence-corrected chi connectivity index (χ2v) is 7.05. The molecule has 0 saturated heterocycles. The van der Waals surface area contributed by atoms with Crippen LogP contribution < -0.4 is 4.90 Å². The Hall–Kier alpha value is -3.66. The molecule has 0 atom stereocenters. The lowest BCUT2D eigenvalue weighted by Crippen LogP contribution is -2.22. The van der Waals surface area contributed by atoms with E-state index in [0.717, 1.165) is 48.1 Å². The molecule has 7 nitrogen and oxygen atoms in total. The molecular weight excluding hydrogens is 374 g/mol. The van der Waals surface area contributed by atoms with Gasteiger partial charge in [-0.3, -0.25) is 4.68 Å². The first-order valence-corrected chi connectivity index (χ1v) is 10.3. The summed E-state index contributed by atoms with van der Waals surface area (Å²) >= 11 is 0. The maximum Gasteiger partial charge on any atom is 0.143 e. The number of anilines is 1. The number of para-hydroxylation sites is 1. The standard InChI is InChI=1S/C23H25N7/c1-4-28(5-2)21-11-10-18(15-25-21)23-26-22-17(14-24)8-7-9-20(22)30(23)16-19-12-13-29(6-3)27-19/h7-13,15H,4-6,16H2,1-3H3. The summed E-state index contributed by atoms with van der Waals surface area (Å²) < 4.78 is 4.03. The van der Waals surface area contributed by atoms with E-state index in [2.05, 4.69) is 52.5 Å². The van der Waals surface area contributed by atoms with Crippen LogP contribution in [0.4, 0.5) is 5.82 Å². The van der Waals surface area contributed by atoms with Crippen molar-refractivity contribution in [2.75, 3.05) is 18.0 Å². The molecule has 0 amide bonds. The summed E-state index contributed by atoms with van der Waals surface area (Å²) in [7, 11) is 0. The minimum atomic E-state index is 0.569. The Balaban J connectivity index is 1.83. The first-order valence-electron chi connectivity index (χ1n) is 10.3. The monoisotopic (exact) mass is 399 g/mol. The third-order valence-corrected chi connectivity index (χ3v) is 5.33. The molecule has 0 unspecified atom stereocenters. The van der Waals surface area contributed by atoms with Gasteiger partial charge in [-0.15, -0.1) is 0 Å². The minimum Gasteiger partial charge on any atom is -0.357 e. The van der Waals surface area contributed by atoms with Crippen molar-refractivity contribution in [2.45, 2.75) is 33.9 Å². The third-order valence-electron chi connectivity index (χ3n) is 5.33. The predicted molar refractivity (Wildman–Crippen MR) is 118 cm³/mol. The number of aromatic nitrogens is 5. The molecule has 0 radical (unpaired) electrons. The van der Waals surface area contributed by atoms with E-state index >= 15 is 0 Å². The smallest absolute Gasteiger partial charge is 0.143 e. The quantitative estimate of drug-likeness (QED) is 0.468. The van der Waals surface area contributed by atoms with Gasteiger partial charge in [0.1, 0.15) is 23.2 Å². The van der Waals surface area contributed by atoms with Gasteiger partial charge in [-0.05, 0) is 51.1 Å². The van der Waals surface area contributed by atoms with Crippen LogP contribution in [0.2, 0.25) is 0 Å². The minimum absolute atomic E-state index is 0.569. The van der Waals surface area contributed by atoms with E-state index in [1.54, 1.807) is 6.07 Å². The second kappa shape index (κ2) is 8.37. The van der Waals surface area contributed by atoms with Gasteiger partial charge in [0.25, 0.3) is 0 Å². The van der Waals surface area contributed by atoms with E-state index in [1.165, 1.54) is 0 Å². The zero-order chi connectivity index (χ0) is 21.1. The summed E-state index contributed by atoms with van der Waals surface area (Å²) in [4.78, 5) is 11.7. The Morgan fingerprint density at radius 2 is 1.90 bits per heavy atom. The van der Waals surface area contributed by atoms with E-state index in [0.29, 0.717) is 17.6 Å². The average Bonchev–Trinajstić information content (AvgIpc) is 3.40. The number of rotatable bonds is 7. The van der Waals surface area contributed by atoms with Crippen molar-refractivity contribution in [3.63, 3.8) is 0 Å². The molecule has 4 rings (SSSR count). The molecule has 0 saturated carbocycles. The molecule has 0 aliphatic heterocycles. The lowest BCUT2D eigenvalue weighted by molar-refractivity contribution is 0.639. The molecule has 0 aliphatic carbocycles. The summed E-state index contributed by atoms with van der Waals surface area (Å²) in [5, 5.41) is 14.2. The molecule has 3 aromatic heterocycles. The number of aryl methyl sites for hydroxylation is 1. The van der Waals surface area contributed by atoms with E-state index < -0.39 is 0 Å². The fourth-order valence-electron chi connectivity index (χ4n) is 3.70. The van der Waals surface area contributed by atoms with Gasteiger partial charge in [0.15, 0.2) is 0 Å². The Morgan fingerprint density at radius 1 is 1.07 bits per heavy atom. The molecule has 7 heteroatoms. The molecule has 0 spiro atoms. The van der Waals surface area contributed by atoms with Crippen LogP contribution >= 0.6 is 0 Å². The molecular formula is C23H25N7.